The molecule has 8 heteroatoms. The number of carbonyl (C=O) groups excluding carboxylic acids is 2. The van der Waals surface area contributed by atoms with Gasteiger partial charge in [0, 0.05) is 56.4 Å². The quantitative estimate of drug-likeness (QED) is 0.653. The molecule has 0 aromatic heterocycles. The molecule has 4 rings (SSSR count). The van der Waals surface area contributed by atoms with Crippen molar-refractivity contribution < 1.29 is 14.3 Å². The Bertz CT molecular complexity index is 801. The van der Waals surface area contributed by atoms with E-state index in [1.165, 1.54) is 19.3 Å². The van der Waals surface area contributed by atoms with Crippen LogP contribution in [0.1, 0.15) is 37.7 Å². The van der Waals surface area contributed by atoms with Gasteiger partial charge in [-0.3, -0.25) is 19.4 Å². The van der Waals surface area contributed by atoms with E-state index in [9.17, 15) is 9.59 Å². The average Bonchev–Trinajstić information content (AvgIpc) is 2.86. The number of rotatable bonds is 7. The molecule has 2 amide bonds. The predicted molar refractivity (Wildman–Crippen MR) is 129 cm³/mol. The lowest BCUT2D eigenvalue weighted by atomic mass is 9.79. The highest BCUT2D eigenvalue weighted by molar-refractivity contribution is 6.31. The number of benzene rings is 1. The summed E-state index contributed by atoms with van der Waals surface area (Å²) in [6, 6.07) is 7.49. The Morgan fingerprint density at radius 1 is 0.970 bits per heavy atom. The minimum Gasteiger partial charge on any atom is -0.379 e. The van der Waals surface area contributed by atoms with Crippen LogP contribution < -0.4 is 5.32 Å². The zero-order chi connectivity index (χ0) is 23.1. The maximum absolute atomic E-state index is 12.8. The zero-order valence-electron chi connectivity index (χ0n) is 19.6. The summed E-state index contributed by atoms with van der Waals surface area (Å²) >= 11 is 6.20. The van der Waals surface area contributed by atoms with E-state index in [-0.39, 0.29) is 17.4 Å². The van der Waals surface area contributed by atoms with E-state index in [1.807, 2.05) is 29.2 Å². The van der Waals surface area contributed by atoms with Gasteiger partial charge in [-0.25, -0.2) is 0 Å². The van der Waals surface area contributed by atoms with Crippen molar-refractivity contribution in [2.75, 3.05) is 65.6 Å². The Balaban J connectivity index is 1.22. The molecule has 1 saturated carbocycles. The lowest BCUT2D eigenvalue weighted by Gasteiger charge is -2.48. The normalized spacial score (nSPS) is 22.2. The number of halogens is 1. The summed E-state index contributed by atoms with van der Waals surface area (Å²) in [6.07, 6.45) is 6.39. The molecule has 1 aromatic carbocycles. The average molecular weight is 477 g/mol. The van der Waals surface area contributed by atoms with Crippen LogP contribution >= 0.6 is 11.6 Å². The second-order valence-corrected chi connectivity index (χ2v) is 9.99. The van der Waals surface area contributed by atoms with Crippen LogP contribution in [0, 0.1) is 0 Å². The molecule has 3 fully saturated rings. The van der Waals surface area contributed by atoms with Gasteiger partial charge in [0.05, 0.1) is 26.2 Å². The Kier molecular flexibility index (Phi) is 8.63. The Labute approximate surface area is 202 Å². The summed E-state index contributed by atoms with van der Waals surface area (Å²) in [5.41, 5.74) is 0.949. The fourth-order valence-electron chi connectivity index (χ4n) is 5.45. The molecule has 0 bridgehead atoms. The topological polar surface area (TPSA) is 65.1 Å². The van der Waals surface area contributed by atoms with E-state index in [0.29, 0.717) is 31.1 Å². The predicted octanol–water partition coefficient (Wildman–Crippen LogP) is 2.18. The fraction of sp³-hybridized carbons (Fsp3) is 0.680. The van der Waals surface area contributed by atoms with Crippen molar-refractivity contribution in [3.8, 4) is 0 Å². The number of nitrogens with one attached hydrogen (secondary N) is 1. The van der Waals surface area contributed by atoms with Crippen LogP contribution in [0.4, 0.5) is 0 Å². The van der Waals surface area contributed by atoms with Crippen LogP contribution in [0.25, 0.3) is 0 Å². The van der Waals surface area contributed by atoms with E-state index < -0.39 is 0 Å². The van der Waals surface area contributed by atoms with Crippen molar-refractivity contribution in [1.82, 2.24) is 20.0 Å². The Morgan fingerprint density at radius 3 is 2.36 bits per heavy atom. The Hall–Kier alpha value is -1.67. The minimum atomic E-state index is 0.0848. The second kappa shape index (κ2) is 11.6. The third kappa shape index (κ3) is 6.47. The van der Waals surface area contributed by atoms with Gasteiger partial charge < -0.3 is 15.0 Å². The lowest BCUT2D eigenvalue weighted by Crippen LogP contribution is -2.60. The molecule has 1 N–H and O–H groups in total. The molecule has 2 aliphatic heterocycles. The van der Waals surface area contributed by atoms with Crippen LogP contribution in [-0.2, 0) is 20.7 Å². The summed E-state index contributed by atoms with van der Waals surface area (Å²) in [4.78, 5) is 32.0. The van der Waals surface area contributed by atoms with E-state index >= 15 is 0 Å². The molecule has 182 valence electrons. The fourth-order valence-corrected chi connectivity index (χ4v) is 5.65. The number of piperazine rings is 1. The lowest BCUT2D eigenvalue weighted by molar-refractivity contribution is -0.132. The molecule has 0 spiro atoms. The SMILES string of the molecule is O=C(CN1CCN(C(=O)Cc2ccccc2Cl)CC1)NCC1(N2CCOCC2)CCCCC1. The first-order valence-electron chi connectivity index (χ1n) is 12.4. The van der Waals surface area contributed by atoms with Gasteiger partial charge >= 0.3 is 0 Å². The summed E-state index contributed by atoms with van der Waals surface area (Å²) in [7, 11) is 0. The van der Waals surface area contributed by atoms with Crippen LogP contribution in [0.2, 0.25) is 5.02 Å². The first kappa shape index (κ1) is 24.5. The molecule has 0 atom stereocenters. The first-order chi connectivity index (χ1) is 16.1. The smallest absolute Gasteiger partial charge is 0.234 e. The molecule has 33 heavy (non-hydrogen) atoms. The van der Waals surface area contributed by atoms with E-state index in [2.05, 4.69) is 15.1 Å². The third-order valence-corrected chi connectivity index (χ3v) is 7.84. The maximum atomic E-state index is 12.8. The minimum absolute atomic E-state index is 0.0848. The van der Waals surface area contributed by atoms with Crippen molar-refractivity contribution in [2.24, 2.45) is 0 Å². The van der Waals surface area contributed by atoms with Gasteiger partial charge in [0.25, 0.3) is 0 Å². The molecule has 3 aliphatic rings. The van der Waals surface area contributed by atoms with Gasteiger partial charge in [-0.15, -0.1) is 0 Å². The molecule has 2 saturated heterocycles. The summed E-state index contributed by atoms with van der Waals surface area (Å²) in [6.45, 7) is 7.34. The standard InChI is InChI=1S/C25H37ClN4O3/c26-22-7-3-2-6-21(22)18-24(32)29-12-10-28(11-13-29)19-23(31)27-20-25(8-4-1-5-9-25)30-14-16-33-17-15-30/h2-3,6-7H,1,4-5,8-20H2,(H,27,31). The molecule has 7 nitrogen and oxygen atoms in total. The maximum Gasteiger partial charge on any atom is 0.234 e. The van der Waals surface area contributed by atoms with Gasteiger partial charge in [-0.2, -0.15) is 0 Å². The van der Waals surface area contributed by atoms with Crippen LogP contribution in [0.5, 0.6) is 0 Å². The number of ether oxygens (including phenoxy) is 1. The highest BCUT2D eigenvalue weighted by Crippen LogP contribution is 2.33. The number of carbonyl (C=O) groups is 2. The number of morpholine rings is 1. The highest BCUT2D eigenvalue weighted by Gasteiger charge is 2.39. The van der Waals surface area contributed by atoms with Gasteiger partial charge in [0.15, 0.2) is 0 Å². The van der Waals surface area contributed by atoms with E-state index in [0.717, 1.165) is 64.3 Å². The van der Waals surface area contributed by atoms with Gasteiger partial charge in [-0.1, -0.05) is 49.1 Å². The number of amides is 2. The molecule has 1 aliphatic carbocycles. The van der Waals surface area contributed by atoms with Gasteiger partial charge in [0.1, 0.15) is 0 Å². The summed E-state index contributed by atoms with van der Waals surface area (Å²) in [5, 5.41) is 3.89. The van der Waals surface area contributed by atoms with Crippen molar-refractivity contribution in [1.29, 1.82) is 0 Å². The van der Waals surface area contributed by atoms with Crippen molar-refractivity contribution in [3.05, 3.63) is 34.9 Å². The number of nitrogens with zero attached hydrogens (tertiary/aromatic N) is 3. The number of hydrogen-bond donors (Lipinski definition) is 1. The molecule has 0 radical (unpaired) electrons. The zero-order valence-corrected chi connectivity index (χ0v) is 20.3. The van der Waals surface area contributed by atoms with Crippen LogP contribution in [0.3, 0.4) is 0 Å². The van der Waals surface area contributed by atoms with Gasteiger partial charge in [0.2, 0.25) is 11.8 Å². The molecule has 1 aromatic rings. The number of hydrogen-bond acceptors (Lipinski definition) is 5. The molecular weight excluding hydrogens is 440 g/mol. The van der Waals surface area contributed by atoms with Crippen molar-refractivity contribution in [3.63, 3.8) is 0 Å². The van der Waals surface area contributed by atoms with Crippen LogP contribution in [0.15, 0.2) is 24.3 Å². The third-order valence-electron chi connectivity index (χ3n) is 7.47. The summed E-state index contributed by atoms with van der Waals surface area (Å²) < 4.78 is 5.56. The molecule has 2 heterocycles. The first-order valence-corrected chi connectivity index (χ1v) is 12.8. The monoisotopic (exact) mass is 476 g/mol. The van der Waals surface area contributed by atoms with E-state index in [4.69, 9.17) is 16.3 Å². The van der Waals surface area contributed by atoms with Gasteiger partial charge in [-0.05, 0) is 24.5 Å². The molecule has 0 unspecified atom stereocenters. The highest BCUT2D eigenvalue weighted by atomic mass is 35.5. The second-order valence-electron chi connectivity index (χ2n) is 9.59. The van der Waals surface area contributed by atoms with Crippen LogP contribution in [-0.4, -0.2) is 97.6 Å². The largest absolute Gasteiger partial charge is 0.379 e. The Morgan fingerprint density at radius 2 is 1.67 bits per heavy atom. The van der Waals surface area contributed by atoms with Crippen molar-refractivity contribution in [2.45, 2.75) is 44.1 Å². The molecular formula is C25H37ClN4O3. The van der Waals surface area contributed by atoms with E-state index in [1.54, 1.807) is 0 Å². The summed E-state index contributed by atoms with van der Waals surface area (Å²) in [5.74, 6) is 0.181. The van der Waals surface area contributed by atoms with Crippen molar-refractivity contribution >= 4 is 23.4 Å².